The average Bonchev–Trinajstić information content (AvgIpc) is 2.86. The Balaban J connectivity index is 1.97. The van der Waals surface area contributed by atoms with Gasteiger partial charge in [0.1, 0.15) is 5.60 Å². The molecule has 0 saturated carbocycles. The Kier molecular flexibility index (Phi) is 4.77. The minimum Gasteiger partial charge on any atom is -0.444 e. The summed E-state index contributed by atoms with van der Waals surface area (Å²) in [4.78, 5) is 12.0. The van der Waals surface area contributed by atoms with E-state index in [1.807, 2.05) is 0 Å². The van der Waals surface area contributed by atoms with Crippen molar-refractivity contribution in [2.75, 3.05) is 13.1 Å². The van der Waals surface area contributed by atoms with Crippen LogP contribution in [0.3, 0.4) is 0 Å². The SMILES string of the molecule is CC(C)(C)OC(=O)NC1CCN(S(=O)(=O)c2ccccc2)C1. The molecular weight excluding hydrogens is 304 g/mol. The van der Waals surface area contributed by atoms with Crippen LogP contribution in [0.15, 0.2) is 35.2 Å². The molecule has 1 atom stereocenters. The third-order valence-corrected chi connectivity index (χ3v) is 5.13. The van der Waals surface area contributed by atoms with E-state index in [-0.39, 0.29) is 17.5 Å². The summed E-state index contributed by atoms with van der Waals surface area (Å²) in [5, 5.41) is 2.72. The molecule has 1 aliphatic rings. The first kappa shape index (κ1) is 16.8. The summed E-state index contributed by atoms with van der Waals surface area (Å²) < 4.78 is 31.5. The highest BCUT2D eigenvalue weighted by Crippen LogP contribution is 2.21. The summed E-state index contributed by atoms with van der Waals surface area (Å²) in [7, 11) is -3.50. The summed E-state index contributed by atoms with van der Waals surface area (Å²) in [6, 6.07) is 8.08. The first-order chi connectivity index (χ1) is 10.2. The zero-order valence-corrected chi connectivity index (χ0v) is 13.9. The summed E-state index contributed by atoms with van der Waals surface area (Å²) >= 11 is 0. The molecule has 1 unspecified atom stereocenters. The van der Waals surface area contributed by atoms with E-state index in [1.165, 1.54) is 4.31 Å². The summed E-state index contributed by atoms with van der Waals surface area (Å²) in [6.45, 7) is 6.00. The van der Waals surface area contributed by atoms with E-state index in [9.17, 15) is 13.2 Å². The molecule has 1 aromatic carbocycles. The monoisotopic (exact) mass is 326 g/mol. The van der Waals surface area contributed by atoms with E-state index in [0.717, 1.165) is 0 Å². The lowest BCUT2D eigenvalue weighted by Crippen LogP contribution is -2.41. The molecule has 22 heavy (non-hydrogen) atoms. The Morgan fingerprint density at radius 2 is 1.91 bits per heavy atom. The number of rotatable bonds is 3. The van der Waals surface area contributed by atoms with Crippen molar-refractivity contribution in [2.45, 2.75) is 43.7 Å². The molecular formula is C15H22N2O4S. The minimum absolute atomic E-state index is 0.228. The van der Waals surface area contributed by atoms with Crippen LogP contribution < -0.4 is 5.32 Å². The number of hydrogen-bond acceptors (Lipinski definition) is 4. The maximum atomic E-state index is 12.5. The number of sulfonamides is 1. The maximum Gasteiger partial charge on any atom is 0.407 e. The molecule has 2 rings (SSSR count). The lowest BCUT2D eigenvalue weighted by Gasteiger charge is -2.22. The first-order valence-corrected chi connectivity index (χ1v) is 8.67. The van der Waals surface area contributed by atoms with Crippen molar-refractivity contribution >= 4 is 16.1 Å². The van der Waals surface area contributed by atoms with Crippen LogP contribution in [-0.4, -0.2) is 43.5 Å². The topological polar surface area (TPSA) is 75.7 Å². The van der Waals surface area contributed by atoms with E-state index in [2.05, 4.69) is 5.32 Å². The van der Waals surface area contributed by atoms with Crippen molar-refractivity contribution in [3.63, 3.8) is 0 Å². The van der Waals surface area contributed by atoms with Crippen molar-refractivity contribution in [3.05, 3.63) is 30.3 Å². The lowest BCUT2D eigenvalue weighted by molar-refractivity contribution is 0.0507. The third kappa shape index (κ3) is 4.20. The Morgan fingerprint density at radius 3 is 2.50 bits per heavy atom. The number of carbonyl (C=O) groups is 1. The maximum absolute atomic E-state index is 12.5. The van der Waals surface area contributed by atoms with Gasteiger partial charge in [0.2, 0.25) is 10.0 Å². The van der Waals surface area contributed by atoms with Gasteiger partial charge in [-0.05, 0) is 39.3 Å². The Bertz CT molecular complexity index is 623. The minimum atomic E-state index is -3.50. The van der Waals surface area contributed by atoms with E-state index >= 15 is 0 Å². The first-order valence-electron chi connectivity index (χ1n) is 7.23. The van der Waals surface area contributed by atoms with Crippen LogP contribution in [0.1, 0.15) is 27.2 Å². The molecule has 0 spiro atoms. The molecule has 6 nitrogen and oxygen atoms in total. The Hall–Kier alpha value is -1.60. The second-order valence-corrected chi connectivity index (χ2v) is 8.25. The molecule has 1 aliphatic heterocycles. The van der Waals surface area contributed by atoms with Gasteiger partial charge in [0.15, 0.2) is 0 Å². The van der Waals surface area contributed by atoms with Crippen molar-refractivity contribution in [3.8, 4) is 0 Å². The van der Waals surface area contributed by atoms with Gasteiger partial charge in [0.05, 0.1) is 4.90 Å². The summed E-state index contributed by atoms with van der Waals surface area (Å²) in [6.07, 6.45) is 0.0575. The fourth-order valence-corrected chi connectivity index (χ4v) is 3.80. The van der Waals surface area contributed by atoms with Crippen molar-refractivity contribution in [2.24, 2.45) is 0 Å². The number of amides is 1. The summed E-state index contributed by atoms with van der Waals surface area (Å²) in [5.74, 6) is 0. The van der Waals surface area contributed by atoms with Gasteiger partial charge in [-0.1, -0.05) is 18.2 Å². The van der Waals surface area contributed by atoms with Crippen molar-refractivity contribution in [1.82, 2.24) is 9.62 Å². The van der Waals surface area contributed by atoms with E-state index < -0.39 is 21.7 Å². The van der Waals surface area contributed by atoms with E-state index in [1.54, 1.807) is 51.1 Å². The molecule has 0 aromatic heterocycles. The van der Waals surface area contributed by atoms with Crippen LogP contribution in [0, 0.1) is 0 Å². The molecule has 1 amide bonds. The number of benzene rings is 1. The summed E-state index contributed by atoms with van der Waals surface area (Å²) in [5.41, 5.74) is -0.571. The molecule has 7 heteroatoms. The molecule has 122 valence electrons. The average molecular weight is 326 g/mol. The van der Waals surface area contributed by atoms with Gasteiger partial charge >= 0.3 is 6.09 Å². The quantitative estimate of drug-likeness (QED) is 0.921. The highest BCUT2D eigenvalue weighted by atomic mass is 32.2. The largest absolute Gasteiger partial charge is 0.444 e. The van der Waals surface area contributed by atoms with Gasteiger partial charge in [0, 0.05) is 19.1 Å². The molecule has 1 heterocycles. The van der Waals surface area contributed by atoms with Crippen LogP contribution >= 0.6 is 0 Å². The molecule has 0 bridgehead atoms. The van der Waals surface area contributed by atoms with Gasteiger partial charge < -0.3 is 10.1 Å². The number of hydrogen-bond donors (Lipinski definition) is 1. The van der Waals surface area contributed by atoms with Gasteiger partial charge in [-0.25, -0.2) is 13.2 Å². The van der Waals surface area contributed by atoms with Crippen LogP contribution in [0.2, 0.25) is 0 Å². The third-order valence-electron chi connectivity index (χ3n) is 3.25. The molecule has 1 N–H and O–H groups in total. The highest BCUT2D eigenvalue weighted by molar-refractivity contribution is 7.89. The zero-order valence-electron chi connectivity index (χ0n) is 13.1. The van der Waals surface area contributed by atoms with Gasteiger partial charge in [-0.3, -0.25) is 0 Å². The van der Waals surface area contributed by atoms with Gasteiger partial charge in [-0.2, -0.15) is 4.31 Å². The predicted octanol–water partition coefficient (Wildman–Crippen LogP) is 1.97. The number of carbonyl (C=O) groups excluding carboxylic acids is 1. The number of nitrogens with zero attached hydrogens (tertiary/aromatic N) is 1. The standard InChI is InChI=1S/C15H22N2O4S/c1-15(2,3)21-14(18)16-12-9-10-17(11-12)22(19,20)13-7-5-4-6-8-13/h4-8,12H,9-11H2,1-3H3,(H,16,18). The zero-order chi connectivity index (χ0) is 16.4. The number of alkyl carbamates (subject to hydrolysis) is 1. The Morgan fingerprint density at radius 1 is 1.27 bits per heavy atom. The van der Waals surface area contributed by atoms with Crippen LogP contribution in [0.4, 0.5) is 4.79 Å². The normalized spacial score (nSPS) is 19.9. The smallest absolute Gasteiger partial charge is 0.407 e. The number of nitrogens with one attached hydrogen (secondary N) is 1. The second-order valence-electron chi connectivity index (χ2n) is 6.31. The molecule has 1 aromatic rings. The fraction of sp³-hybridized carbons (Fsp3) is 0.533. The lowest BCUT2D eigenvalue weighted by atomic mass is 10.2. The van der Waals surface area contributed by atoms with Crippen molar-refractivity contribution < 1.29 is 17.9 Å². The predicted molar refractivity (Wildman–Crippen MR) is 83.0 cm³/mol. The molecule has 1 saturated heterocycles. The van der Waals surface area contributed by atoms with E-state index in [4.69, 9.17) is 4.74 Å². The van der Waals surface area contributed by atoms with Crippen LogP contribution in [-0.2, 0) is 14.8 Å². The fourth-order valence-electron chi connectivity index (χ4n) is 2.28. The number of ether oxygens (including phenoxy) is 1. The van der Waals surface area contributed by atoms with Crippen LogP contribution in [0.5, 0.6) is 0 Å². The van der Waals surface area contributed by atoms with Crippen LogP contribution in [0.25, 0.3) is 0 Å². The highest BCUT2D eigenvalue weighted by Gasteiger charge is 2.33. The molecule has 0 radical (unpaired) electrons. The molecule has 0 aliphatic carbocycles. The Labute approximate surface area is 131 Å². The van der Waals surface area contributed by atoms with E-state index in [0.29, 0.717) is 13.0 Å². The van der Waals surface area contributed by atoms with Gasteiger partial charge in [0.25, 0.3) is 0 Å². The van der Waals surface area contributed by atoms with Gasteiger partial charge in [-0.15, -0.1) is 0 Å². The van der Waals surface area contributed by atoms with Crippen molar-refractivity contribution in [1.29, 1.82) is 0 Å². The molecule has 1 fully saturated rings. The second kappa shape index (κ2) is 6.26.